The quantitative estimate of drug-likeness (QED) is 0.726. The Labute approximate surface area is 171 Å². The molecule has 0 bridgehead atoms. The highest BCUT2D eigenvalue weighted by atomic mass is 16.1. The summed E-state index contributed by atoms with van der Waals surface area (Å²) in [6.07, 6.45) is 7.49. The van der Waals surface area contributed by atoms with E-state index in [9.17, 15) is 4.79 Å². The van der Waals surface area contributed by atoms with Crippen LogP contribution in [0.2, 0.25) is 0 Å². The Morgan fingerprint density at radius 2 is 2.03 bits per heavy atom. The number of nitrogens with zero attached hydrogens (tertiary/aromatic N) is 4. The van der Waals surface area contributed by atoms with E-state index in [2.05, 4.69) is 31.2 Å². The molecule has 0 saturated carbocycles. The number of aryl methyl sites for hydroxylation is 1. The Morgan fingerprint density at radius 3 is 2.79 bits per heavy atom. The molecule has 1 amide bonds. The summed E-state index contributed by atoms with van der Waals surface area (Å²) in [4.78, 5) is 28.4. The third-order valence-electron chi connectivity index (χ3n) is 5.34. The molecule has 148 valence electrons. The number of benzene rings is 1. The Balaban J connectivity index is 1.43. The fourth-order valence-electron chi connectivity index (χ4n) is 3.74. The first-order valence-corrected chi connectivity index (χ1v) is 10.0. The van der Waals surface area contributed by atoms with Crippen LogP contribution < -0.4 is 10.2 Å². The summed E-state index contributed by atoms with van der Waals surface area (Å²) in [5.41, 5.74) is 3.45. The number of aromatic nitrogens is 3. The molecule has 1 fully saturated rings. The molecule has 1 atom stereocenters. The lowest BCUT2D eigenvalue weighted by atomic mass is 9.96. The van der Waals surface area contributed by atoms with E-state index in [0.29, 0.717) is 12.1 Å². The third-order valence-corrected chi connectivity index (χ3v) is 5.34. The predicted molar refractivity (Wildman–Crippen MR) is 113 cm³/mol. The molecule has 0 unspecified atom stereocenters. The van der Waals surface area contributed by atoms with E-state index >= 15 is 0 Å². The number of pyridine rings is 1. The standard InChI is InChI=1S/C23H25N5O/c1-17-21(23(29)26-13-18-7-3-2-4-8-18)15-25-22(27-17)19-9-6-12-28(16-19)20-10-5-11-24-14-20/h2-5,7-8,10-11,14-15,19H,6,9,12-13,16H2,1H3,(H,26,29)/t19-/m1/s1. The average molecular weight is 387 g/mol. The van der Waals surface area contributed by atoms with E-state index in [1.165, 1.54) is 0 Å². The first-order chi connectivity index (χ1) is 14.2. The van der Waals surface area contributed by atoms with Gasteiger partial charge in [0.1, 0.15) is 5.82 Å². The zero-order valence-corrected chi connectivity index (χ0v) is 16.6. The van der Waals surface area contributed by atoms with Crippen LogP contribution >= 0.6 is 0 Å². The summed E-state index contributed by atoms with van der Waals surface area (Å²) in [6, 6.07) is 13.9. The van der Waals surface area contributed by atoms with Crippen molar-refractivity contribution in [3.8, 4) is 0 Å². The van der Waals surface area contributed by atoms with E-state index in [4.69, 9.17) is 0 Å². The molecule has 6 nitrogen and oxygen atoms in total. The number of piperidine rings is 1. The summed E-state index contributed by atoms with van der Waals surface area (Å²) in [5, 5.41) is 2.95. The fraction of sp³-hybridized carbons (Fsp3) is 0.304. The fourth-order valence-corrected chi connectivity index (χ4v) is 3.74. The normalized spacial score (nSPS) is 16.4. The molecule has 0 spiro atoms. The highest BCUT2D eigenvalue weighted by Crippen LogP contribution is 2.28. The molecule has 29 heavy (non-hydrogen) atoms. The summed E-state index contributed by atoms with van der Waals surface area (Å²) >= 11 is 0. The molecule has 0 radical (unpaired) electrons. The first kappa shape index (κ1) is 19.1. The van der Waals surface area contributed by atoms with Crippen molar-refractivity contribution in [3.63, 3.8) is 0 Å². The smallest absolute Gasteiger partial charge is 0.254 e. The van der Waals surface area contributed by atoms with Gasteiger partial charge in [0.2, 0.25) is 0 Å². The second-order valence-electron chi connectivity index (χ2n) is 7.39. The zero-order valence-electron chi connectivity index (χ0n) is 16.6. The van der Waals surface area contributed by atoms with Gasteiger partial charge in [0.25, 0.3) is 5.91 Å². The molecule has 1 N–H and O–H groups in total. The molecule has 0 aliphatic carbocycles. The first-order valence-electron chi connectivity index (χ1n) is 10.0. The summed E-state index contributed by atoms with van der Waals surface area (Å²) in [5.74, 6) is 0.929. The maximum Gasteiger partial charge on any atom is 0.254 e. The number of nitrogens with one attached hydrogen (secondary N) is 1. The maximum absolute atomic E-state index is 12.6. The van der Waals surface area contributed by atoms with Gasteiger partial charge >= 0.3 is 0 Å². The molecule has 1 saturated heterocycles. The Kier molecular flexibility index (Phi) is 5.79. The Hall–Kier alpha value is -3.28. The summed E-state index contributed by atoms with van der Waals surface area (Å²) in [7, 11) is 0. The second-order valence-corrected chi connectivity index (χ2v) is 7.39. The molecule has 6 heteroatoms. The molecule has 3 aromatic rings. The number of rotatable bonds is 5. The van der Waals surface area contributed by atoms with Gasteiger partial charge in [-0.25, -0.2) is 9.97 Å². The monoisotopic (exact) mass is 387 g/mol. The van der Waals surface area contributed by atoms with Crippen molar-refractivity contribution in [2.24, 2.45) is 0 Å². The molecule has 3 heterocycles. The van der Waals surface area contributed by atoms with Crippen molar-refractivity contribution in [3.05, 3.63) is 83.7 Å². The molecular formula is C23H25N5O. The number of anilines is 1. The average Bonchev–Trinajstić information content (AvgIpc) is 2.79. The minimum absolute atomic E-state index is 0.140. The van der Waals surface area contributed by atoms with Gasteiger partial charge in [-0.3, -0.25) is 9.78 Å². The van der Waals surface area contributed by atoms with Crippen LogP contribution in [0, 0.1) is 6.92 Å². The van der Waals surface area contributed by atoms with Gasteiger partial charge in [0.05, 0.1) is 23.1 Å². The summed E-state index contributed by atoms with van der Waals surface area (Å²) in [6.45, 7) is 4.25. The maximum atomic E-state index is 12.6. The van der Waals surface area contributed by atoms with Gasteiger partial charge in [0, 0.05) is 37.9 Å². The van der Waals surface area contributed by atoms with Crippen molar-refractivity contribution in [1.82, 2.24) is 20.3 Å². The minimum Gasteiger partial charge on any atom is -0.370 e. The number of carbonyl (C=O) groups excluding carboxylic acids is 1. The van der Waals surface area contributed by atoms with Gasteiger partial charge in [-0.1, -0.05) is 30.3 Å². The van der Waals surface area contributed by atoms with Gasteiger partial charge < -0.3 is 10.2 Å². The van der Waals surface area contributed by atoms with E-state index < -0.39 is 0 Å². The Morgan fingerprint density at radius 1 is 1.17 bits per heavy atom. The van der Waals surface area contributed by atoms with Gasteiger partial charge in [-0.05, 0) is 37.5 Å². The number of carbonyl (C=O) groups is 1. The van der Waals surface area contributed by atoms with Crippen molar-refractivity contribution in [2.45, 2.75) is 32.2 Å². The van der Waals surface area contributed by atoms with Crippen molar-refractivity contribution < 1.29 is 4.79 Å². The van der Waals surface area contributed by atoms with Crippen molar-refractivity contribution in [1.29, 1.82) is 0 Å². The Bertz CT molecular complexity index is 962. The van der Waals surface area contributed by atoms with Crippen molar-refractivity contribution in [2.75, 3.05) is 18.0 Å². The van der Waals surface area contributed by atoms with Crippen LogP contribution in [-0.4, -0.2) is 33.9 Å². The van der Waals surface area contributed by atoms with Crippen LogP contribution in [0.5, 0.6) is 0 Å². The summed E-state index contributed by atoms with van der Waals surface area (Å²) < 4.78 is 0. The van der Waals surface area contributed by atoms with Crippen LogP contribution in [-0.2, 0) is 6.54 Å². The molecule has 1 aliphatic heterocycles. The highest BCUT2D eigenvalue weighted by Gasteiger charge is 2.24. The van der Waals surface area contributed by atoms with Crippen molar-refractivity contribution >= 4 is 11.6 Å². The largest absolute Gasteiger partial charge is 0.370 e. The molecule has 1 aliphatic rings. The number of hydrogen-bond donors (Lipinski definition) is 1. The number of hydrogen-bond acceptors (Lipinski definition) is 5. The van der Waals surface area contributed by atoms with Gasteiger partial charge in [0.15, 0.2) is 0 Å². The van der Waals surface area contributed by atoms with Gasteiger partial charge in [-0.2, -0.15) is 0 Å². The molecule has 4 rings (SSSR count). The minimum atomic E-state index is -0.140. The predicted octanol–water partition coefficient (Wildman–Crippen LogP) is 3.49. The molecule has 1 aromatic carbocycles. The topological polar surface area (TPSA) is 71.0 Å². The third kappa shape index (κ3) is 4.59. The molecular weight excluding hydrogens is 362 g/mol. The van der Waals surface area contributed by atoms with Crippen LogP contribution in [0.3, 0.4) is 0 Å². The van der Waals surface area contributed by atoms with E-state index in [0.717, 1.165) is 48.7 Å². The van der Waals surface area contributed by atoms with E-state index in [1.54, 1.807) is 12.4 Å². The van der Waals surface area contributed by atoms with Crippen LogP contribution in [0.4, 0.5) is 5.69 Å². The highest BCUT2D eigenvalue weighted by molar-refractivity contribution is 5.94. The van der Waals surface area contributed by atoms with Crippen LogP contribution in [0.1, 0.15) is 46.2 Å². The lowest BCUT2D eigenvalue weighted by Crippen LogP contribution is -2.35. The second kappa shape index (κ2) is 8.82. The van der Waals surface area contributed by atoms with Crippen LogP contribution in [0.15, 0.2) is 61.1 Å². The van der Waals surface area contributed by atoms with E-state index in [-0.39, 0.29) is 11.8 Å². The lowest BCUT2D eigenvalue weighted by molar-refractivity contribution is 0.0949. The zero-order chi connectivity index (χ0) is 20.1. The van der Waals surface area contributed by atoms with E-state index in [1.807, 2.05) is 49.5 Å². The number of amides is 1. The lowest BCUT2D eigenvalue weighted by Gasteiger charge is -2.33. The van der Waals surface area contributed by atoms with Gasteiger partial charge in [-0.15, -0.1) is 0 Å². The van der Waals surface area contributed by atoms with Crippen LogP contribution in [0.25, 0.3) is 0 Å². The SMILES string of the molecule is Cc1nc([C@@H]2CCCN(c3cccnc3)C2)ncc1C(=O)NCc1ccccc1. The molecule has 2 aromatic heterocycles.